The number of allylic oxidation sites excluding steroid dienone is 1. The van der Waals surface area contributed by atoms with E-state index in [1.165, 1.54) is 0 Å². The Labute approximate surface area is 97.8 Å². The Morgan fingerprint density at radius 3 is 2.56 bits per heavy atom. The number of aliphatic hydroxyl groups is 1. The molecule has 1 N–H and O–H groups in total. The molecule has 16 heavy (non-hydrogen) atoms. The Morgan fingerprint density at radius 1 is 1.44 bits per heavy atom. The van der Waals surface area contributed by atoms with Crippen LogP contribution in [-0.2, 0) is 4.79 Å². The first kappa shape index (κ1) is 15.1. The third-order valence-corrected chi connectivity index (χ3v) is 2.29. The zero-order chi connectivity index (χ0) is 12.6. The van der Waals surface area contributed by atoms with Crippen molar-refractivity contribution in [3.63, 3.8) is 0 Å². The fourth-order valence-corrected chi connectivity index (χ4v) is 1.60. The lowest BCUT2D eigenvalue weighted by Crippen LogP contribution is -2.51. The molecule has 0 aromatic heterocycles. The van der Waals surface area contributed by atoms with E-state index < -0.39 is 12.1 Å². The number of hydrogen-bond acceptors (Lipinski definition) is 3. The Hall–Kier alpha value is -0.870. The van der Waals surface area contributed by atoms with Crippen molar-refractivity contribution in [1.29, 1.82) is 0 Å². The van der Waals surface area contributed by atoms with Crippen molar-refractivity contribution in [3.05, 3.63) is 12.2 Å². The highest BCUT2D eigenvalue weighted by Gasteiger charge is 2.19. The standard InChI is InChI=1S/C12H23NO3/c1-4-5-6-7-8-11(14)9-13(2,3)10-12(15)16/h6-7,11,14H,4-5,8-10H2,1-3H3/b7-6+. The maximum atomic E-state index is 10.5. The molecule has 0 spiro atoms. The highest BCUT2D eigenvalue weighted by Crippen LogP contribution is 2.03. The molecule has 0 aliphatic rings. The van der Waals surface area contributed by atoms with Gasteiger partial charge < -0.3 is 19.5 Å². The summed E-state index contributed by atoms with van der Waals surface area (Å²) in [6, 6.07) is 0. The molecule has 0 aromatic carbocycles. The van der Waals surface area contributed by atoms with Gasteiger partial charge in [0.05, 0.1) is 20.1 Å². The number of carboxylic acids is 1. The summed E-state index contributed by atoms with van der Waals surface area (Å²) in [4.78, 5) is 10.5. The molecule has 0 saturated heterocycles. The van der Waals surface area contributed by atoms with Gasteiger partial charge in [0.25, 0.3) is 0 Å². The van der Waals surface area contributed by atoms with Crippen LogP contribution in [0.2, 0.25) is 0 Å². The van der Waals surface area contributed by atoms with Crippen LogP contribution in [0.25, 0.3) is 0 Å². The summed E-state index contributed by atoms with van der Waals surface area (Å²) >= 11 is 0. The van der Waals surface area contributed by atoms with Gasteiger partial charge in [-0.15, -0.1) is 0 Å². The second-order valence-corrected chi connectivity index (χ2v) is 4.80. The highest BCUT2D eigenvalue weighted by molar-refractivity contribution is 5.65. The molecule has 0 rings (SSSR count). The molecule has 1 atom stereocenters. The lowest BCUT2D eigenvalue weighted by atomic mass is 10.2. The lowest BCUT2D eigenvalue weighted by Gasteiger charge is -2.31. The fraction of sp³-hybridized carbons (Fsp3) is 0.750. The summed E-state index contributed by atoms with van der Waals surface area (Å²) in [5, 5.41) is 20.2. The molecule has 0 aliphatic heterocycles. The number of hydrogen-bond donors (Lipinski definition) is 1. The first-order chi connectivity index (χ1) is 7.37. The van der Waals surface area contributed by atoms with Crippen molar-refractivity contribution in [3.8, 4) is 0 Å². The molecule has 1 unspecified atom stereocenters. The zero-order valence-corrected chi connectivity index (χ0v) is 10.5. The number of quaternary nitrogens is 1. The van der Waals surface area contributed by atoms with E-state index in [1.54, 1.807) is 14.1 Å². The summed E-state index contributed by atoms with van der Waals surface area (Å²) < 4.78 is 0.241. The van der Waals surface area contributed by atoms with Gasteiger partial charge in [0.1, 0.15) is 19.2 Å². The van der Waals surface area contributed by atoms with E-state index >= 15 is 0 Å². The van der Waals surface area contributed by atoms with Gasteiger partial charge in [-0.1, -0.05) is 25.5 Å². The summed E-state index contributed by atoms with van der Waals surface area (Å²) in [5.41, 5.74) is 0. The quantitative estimate of drug-likeness (QED) is 0.468. The average Bonchev–Trinajstić information content (AvgIpc) is 2.09. The third kappa shape index (κ3) is 8.44. The van der Waals surface area contributed by atoms with Crippen molar-refractivity contribution < 1.29 is 19.5 Å². The van der Waals surface area contributed by atoms with Gasteiger partial charge in [0.2, 0.25) is 0 Å². The number of aliphatic carboxylic acids is 1. The van der Waals surface area contributed by atoms with Crippen molar-refractivity contribution >= 4 is 5.97 Å². The van der Waals surface area contributed by atoms with Crippen LogP contribution >= 0.6 is 0 Å². The number of likely N-dealkylation sites (N-methyl/N-ethyl adjacent to an activating group) is 1. The van der Waals surface area contributed by atoms with Crippen LogP contribution in [0.3, 0.4) is 0 Å². The minimum atomic E-state index is -1.08. The number of aliphatic hydroxyl groups excluding tert-OH is 1. The minimum Gasteiger partial charge on any atom is -0.544 e. The maximum absolute atomic E-state index is 10.5. The third-order valence-electron chi connectivity index (χ3n) is 2.29. The largest absolute Gasteiger partial charge is 0.544 e. The first-order valence-electron chi connectivity index (χ1n) is 5.72. The van der Waals surface area contributed by atoms with Gasteiger partial charge in [-0.3, -0.25) is 0 Å². The van der Waals surface area contributed by atoms with Crippen LogP contribution in [0.4, 0.5) is 0 Å². The van der Waals surface area contributed by atoms with Crippen LogP contribution < -0.4 is 5.11 Å². The molecular formula is C12H23NO3. The van der Waals surface area contributed by atoms with E-state index in [1.807, 2.05) is 12.2 Å². The Morgan fingerprint density at radius 2 is 2.06 bits per heavy atom. The van der Waals surface area contributed by atoms with Crippen LogP contribution in [0.1, 0.15) is 26.2 Å². The number of carboxylic acid groups (broad SMARTS) is 1. The summed E-state index contributed by atoms with van der Waals surface area (Å²) in [6.45, 7) is 2.45. The van der Waals surface area contributed by atoms with Crippen molar-refractivity contribution in [2.24, 2.45) is 0 Å². The molecule has 0 aromatic rings. The molecule has 0 fully saturated rings. The smallest absolute Gasteiger partial charge is 0.119 e. The molecule has 0 amide bonds. The average molecular weight is 229 g/mol. The molecule has 0 radical (unpaired) electrons. The lowest BCUT2D eigenvalue weighted by molar-refractivity contribution is -0.887. The molecule has 0 saturated carbocycles. The van der Waals surface area contributed by atoms with Crippen LogP contribution in [0.15, 0.2) is 12.2 Å². The fourth-order valence-electron chi connectivity index (χ4n) is 1.60. The van der Waals surface area contributed by atoms with E-state index in [2.05, 4.69) is 6.92 Å². The molecule has 4 nitrogen and oxygen atoms in total. The number of carbonyl (C=O) groups excluding carboxylic acids is 1. The predicted octanol–water partition coefficient (Wildman–Crippen LogP) is -0.0800. The first-order valence-corrected chi connectivity index (χ1v) is 5.72. The van der Waals surface area contributed by atoms with E-state index in [0.29, 0.717) is 13.0 Å². The Kier molecular flexibility index (Phi) is 7.01. The van der Waals surface area contributed by atoms with Gasteiger partial charge in [0, 0.05) is 0 Å². The topological polar surface area (TPSA) is 60.4 Å². The zero-order valence-electron chi connectivity index (χ0n) is 10.5. The van der Waals surface area contributed by atoms with Crippen LogP contribution in [0.5, 0.6) is 0 Å². The SMILES string of the molecule is CCC/C=C/CC(O)C[N+](C)(C)CC(=O)[O-]. The molecular weight excluding hydrogens is 206 g/mol. The van der Waals surface area contributed by atoms with E-state index in [4.69, 9.17) is 0 Å². The Balaban J connectivity index is 3.93. The normalized spacial score (nSPS) is 14.2. The van der Waals surface area contributed by atoms with E-state index in [-0.39, 0.29) is 11.0 Å². The second-order valence-electron chi connectivity index (χ2n) is 4.80. The molecule has 0 heterocycles. The molecule has 0 aliphatic carbocycles. The van der Waals surface area contributed by atoms with Crippen LogP contribution in [0, 0.1) is 0 Å². The highest BCUT2D eigenvalue weighted by atomic mass is 16.4. The van der Waals surface area contributed by atoms with E-state index in [0.717, 1.165) is 12.8 Å². The Bertz CT molecular complexity index is 236. The molecule has 94 valence electrons. The monoisotopic (exact) mass is 229 g/mol. The van der Waals surface area contributed by atoms with Crippen LogP contribution in [-0.4, -0.2) is 48.8 Å². The van der Waals surface area contributed by atoms with Crippen molar-refractivity contribution in [1.82, 2.24) is 0 Å². The summed E-state index contributed by atoms with van der Waals surface area (Å²) in [7, 11) is 3.55. The number of rotatable bonds is 8. The van der Waals surface area contributed by atoms with Crippen molar-refractivity contribution in [2.75, 3.05) is 27.2 Å². The minimum absolute atomic E-state index is 0.0737. The summed E-state index contributed by atoms with van der Waals surface area (Å²) in [5.74, 6) is -1.08. The van der Waals surface area contributed by atoms with Gasteiger partial charge >= 0.3 is 0 Å². The number of nitrogens with zero attached hydrogens (tertiary/aromatic N) is 1. The van der Waals surface area contributed by atoms with Gasteiger partial charge in [-0.05, 0) is 12.8 Å². The van der Waals surface area contributed by atoms with Crippen molar-refractivity contribution in [2.45, 2.75) is 32.3 Å². The second kappa shape index (κ2) is 7.41. The van der Waals surface area contributed by atoms with Gasteiger partial charge in [-0.25, -0.2) is 0 Å². The predicted molar refractivity (Wildman–Crippen MR) is 61.5 cm³/mol. The number of carbonyl (C=O) groups is 1. The van der Waals surface area contributed by atoms with E-state index in [9.17, 15) is 15.0 Å². The summed E-state index contributed by atoms with van der Waals surface area (Å²) in [6.07, 6.45) is 6.19. The van der Waals surface area contributed by atoms with Gasteiger partial charge in [0.15, 0.2) is 0 Å². The molecule has 0 bridgehead atoms. The molecule has 4 heteroatoms. The maximum Gasteiger partial charge on any atom is 0.119 e. The van der Waals surface area contributed by atoms with Gasteiger partial charge in [-0.2, -0.15) is 0 Å². The number of unbranched alkanes of at least 4 members (excludes halogenated alkanes) is 1.